The molecule has 3 rings (SSSR count). The van der Waals surface area contributed by atoms with Crippen molar-refractivity contribution in [1.29, 1.82) is 0 Å². The average Bonchev–Trinajstić information content (AvgIpc) is 2.97. The predicted molar refractivity (Wildman–Crippen MR) is 102 cm³/mol. The SMILES string of the molecule is C=CC(=O)NCc1ccc(CNC(=O)C2(C)CC3CCC(C2)S3)cc1. The summed E-state index contributed by atoms with van der Waals surface area (Å²) in [6, 6.07) is 7.95. The van der Waals surface area contributed by atoms with Crippen LogP contribution in [0.5, 0.6) is 0 Å². The summed E-state index contributed by atoms with van der Waals surface area (Å²) in [5, 5.41) is 7.21. The monoisotopic (exact) mass is 358 g/mol. The lowest BCUT2D eigenvalue weighted by molar-refractivity contribution is -0.131. The van der Waals surface area contributed by atoms with Crippen LogP contribution in [0.1, 0.15) is 43.7 Å². The average molecular weight is 359 g/mol. The lowest BCUT2D eigenvalue weighted by Gasteiger charge is -2.36. The highest BCUT2D eigenvalue weighted by Crippen LogP contribution is 2.51. The van der Waals surface area contributed by atoms with Crippen molar-refractivity contribution in [2.75, 3.05) is 0 Å². The molecule has 1 aromatic rings. The van der Waals surface area contributed by atoms with E-state index in [9.17, 15) is 9.59 Å². The van der Waals surface area contributed by atoms with Crippen LogP contribution < -0.4 is 10.6 Å². The fourth-order valence-electron chi connectivity index (χ4n) is 3.79. The van der Waals surface area contributed by atoms with E-state index in [2.05, 4.69) is 35.9 Å². The number of benzene rings is 1. The van der Waals surface area contributed by atoms with Gasteiger partial charge in [0.1, 0.15) is 0 Å². The highest BCUT2D eigenvalue weighted by atomic mass is 32.2. The van der Waals surface area contributed by atoms with Crippen molar-refractivity contribution >= 4 is 23.6 Å². The van der Waals surface area contributed by atoms with Crippen molar-refractivity contribution < 1.29 is 9.59 Å². The lowest BCUT2D eigenvalue weighted by Crippen LogP contribution is -2.43. The number of carbonyl (C=O) groups excluding carboxylic acids is 2. The minimum absolute atomic E-state index is 0.177. The van der Waals surface area contributed by atoms with Gasteiger partial charge in [-0.25, -0.2) is 0 Å². The third-order valence-corrected chi connectivity index (χ3v) is 6.80. The van der Waals surface area contributed by atoms with Crippen LogP contribution in [0, 0.1) is 5.41 Å². The van der Waals surface area contributed by atoms with Crippen molar-refractivity contribution in [3.8, 4) is 0 Å². The van der Waals surface area contributed by atoms with Gasteiger partial charge in [0.05, 0.1) is 0 Å². The van der Waals surface area contributed by atoms with Gasteiger partial charge in [-0.15, -0.1) is 0 Å². The Morgan fingerprint density at radius 2 is 1.64 bits per heavy atom. The van der Waals surface area contributed by atoms with Crippen molar-refractivity contribution in [2.45, 2.75) is 56.2 Å². The normalized spacial score (nSPS) is 27.6. The second kappa shape index (κ2) is 7.65. The summed E-state index contributed by atoms with van der Waals surface area (Å²) < 4.78 is 0. The first-order chi connectivity index (χ1) is 12.0. The van der Waals surface area contributed by atoms with Crippen LogP contribution >= 0.6 is 11.8 Å². The third-order valence-electron chi connectivity index (χ3n) is 5.23. The van der Waals surface area contributed by atoms with E-state index in [1.165, 1.54) is 18.9 Å². The van der Waals surface area contributed by atoms with Gasteiger partial charge in [-0.1, -0.05) is 37.8 Å². The molecule has 134 valence electrons. The Kier molecular flexibility index (Phi) is 5.52. The molecule has 0 radical (unpaired) electrons. The number of hydrogen-bond acceptors (Lipinski definition) is 3. The standard InChI is InChI=1S/C20H26N2O2S/c1-3-18(23)21-12-14-4-6-15(7-5-14)13-22-19(24)20(2)10-16-8-9-17(11-20)25-16/h3-7,16-17H,1,8-13H2,2H3,(H,21,23)(H,22,24). The van der Waals surface area contributed by atoms with Gasteiger partial charge in [0.2, 0.25) is 11.8 Å². The summed E-state index contributed by atoms with van der Waals surface area (Å²) in [5.74, 6) is 0.0104. The fraction of sp³-hybridized carbons (Fsp3) is 0.500. The molecule has 2 fully saturated rings. The second-order valence-electron chi connectivity index (χ2n) is 7.35. The van der Waals surface area contributed by atoms with Crippen molar-refractivity contribution in [2.24, 2.45) is 5.41 Å². The van der Waals surface area contributed by atoms with E-state index in [1.807, 2.05) is 24.3 Å². The molecule has 2 N–H and O–H groups in total. The molecule has 0 spiro atoms. The zero-order chi connectivity index (χ0) is 17.9. The number of amides is 2. The summed E-state index contributed by atoms with van der Waals surface area (Å²) >= 11 is 2.08. The summed E-state index contributed by atoms with van der Waals surface area (Å²) in [5.41, 5.74) is 1.88. The van der Waals surface area contributed by atoms with Gasteiger partial charge in [-0.3, -0.25) is 9.59 Å². The zero-order valence-electron chi connectivity index (χ0n) is 14.7. The Morgan fingerprint density at radius 3 is 2.16 bits per heavy atom. The van der Waals surface area contributed by atoms with E-state index < -0.39 is 0 Å². The van der Waals surface area contributed by atoms with E-state index >= 15 is 0 Å². The maximum atomic E-state index is 12.7. The van der Waals surface area contributed by atoms with E-state index in [0.29, 0.717) is 23.6 Å². The van der Waals surface area contributed by atoms with Crippen LogP contribution in [0.4, 0.5) is 0 Å². The van der Waals surface area contributed by atoms with Crippen LogP contribution in [-0.2, 0) is 22.7 Å². The molecular weight excluding hydrogens is 332 g/mol. The first-order valence-electron chi connectivity index (χ1n) is 8.90. The minimum Gasteiger partial charge on any atom is -0.352 e. The van der Waals surface area contributed by atoms with Gasteiger partial charge in [0.15, 0.2) is 0 Å². The van der Waals surface area contributed by atoms with Crippen LogP contribution in [0.15, 0.2) is 36.9 Å². The van der Waals surface area contributed by atoms with E-state index in [-0.39, 0.29) is 17.2 Å². The molecule has 5 heteroatoms. The molecule has 2 bridgehead atoms. The molecule has 2 saturated heterocycles. The molecule has 2 aliphatic heterocycles. The maximum absolute atomic E-state index is 12.7. The summed E-state index contributed by atoms with van der Waals surface area (Å²) in [6.45, 7) is 6.59. The Bertz CT molecular complexity index is 644. The van der Waals surface area contributed by atoms with E-state index in [0.717, 1.165) is 24.0 Å². The zero-order valence-corrected chi connectivity index (χ0v) is 15.5. The van der Waals surface area contributed by atoms with E-state index in [4.69, 9.17) is 0 Å². The number of fused-ring (bicyclic) bond motifs is 2. The molecule has 2 heterocycles. The number of rotatable bonds is 6. The second-order valence-corrected chi connectivity index (χ2v) is 8.95. The topological polar surface area (TPSA) is 58.2 Å². The maximum Gasteiger partial charge on any atom is 0.243 e. The van der Waals surface area contributed by atoms with E-state index in [1.54, 1.807) is 0 Å². The summed E-state index contributed by atoms with van der Waals surface area (Å²) in [7, 11) is 0. The van der Waals surface area contributed by atoms with Crippen molar-refractivity contribution in [1.82, 2.24) is 10.6 Å². The first kappa shape index (κ1) is 18.1. The number of thioether (sulfide) groups is 1. The largest absolute Gasteiger partial charge is 0.352 e. The predicted octanol–water partition coefficient (Wildman–Crippen LogP) is 3.17. The Hall–Kier alpha value is -1.75. The van der Waals surface area contributed by atoms with Gasteiger partial charge in [0.25, 0.3) is 0 Å². The number of carbonyl (C=O) groups is 2. The van der Waals surface area contributed by atoms with Crippen LogP contribution in [0.2, 0.25) is 0 Å². The molecule has 0 saturated carbocycles. The Balaban J connectivity index is 1.50. The first-order valence-corrected chi connectivity index (χ1v) is 9.85. The van der Waals surface area contributed by atoms with Crippen LogP contribution in [-0.4, -0.2) is 22.3 Å². The lowest BCUT2D eigenvalue weighted by atomic mass is 9.81. The highest BCUT2D eigenvalue weighted by Gasteiger charge is 2.45. The summed E-state index contributed by atoms with van der Waals surface area (Å²) in [6.07, 6.45) is 5.80. The molecule has 0 aromatic heterocycles. The Morgan fingerprint density at radius 1 is 1.12 bits per heavy atom. The molecule has 2 aliphatic rings. The molecule has 2 unspecified atom stereocenters. The van der Waals surface area contributed by atoms with Crippen molar-refractivity contribution in [3.63, 3.8) is 0 Å². The minimum atomic E-state index is -0.216. The van der Waals surface area contributed by atoms with Crippen molar-refractivity contribution in [3.05, 3.63) is 48.0 Å². The molecule has 2 amide bonds. The van der Waals surface area contributed by atoms with Gasteiger partial charge in [0, 0.05) is 29.0 Å². The molecular formula is C20H26N2O2S. The quantitative estimate of drug-likeness (QED) is 0.768. The molecule has 1 aromatic carbocycles. The number of hydrogen-bond donors (Lipinski definition) is 2. The van der Waals surface area contributed by atoms with Gasteiger partial charge < -0.3 is 10.6 Å². The molecule has 2 atom stereocenters. The van der Waals surface area contributed by atoms with Gasteiger partial charge >= 0.3 is 0 Å². The molecule has 25 heavy (non-hydrogen) atoms. The van der Waals surface area contributed by atoms with Crippen LogP contribution in [0.25, 0.3) is 0 Å². The Labute approximate surface area is 153 Å². The van der Waals surface area contributed by atoms with Gasteiger partial charge in [-0.05, 0) is 42.9 Å². The van der Waals surface area contributed by atoms with Gasteiger partial charge in [-0.2, -0.15) is 11.8 Å². The smallest absolute Gasteiger partial charge is 0.243 e. The third kappa shape index (κ3) is 4.46. The fourth-order valence-corrected chi connectivity index (χ4v) is 5.80. The van der Waals surface area contributed by atoms with Crippen LogP contribution in [0.3, 0.4) is 0 Å². The number of nitrogens with one attached hydrogen (secondary N) is 2. The molecule has 4 nitrogen and oxygen atoms in total. The molecule has 0 aliphatic carbocycles. The highest BCUT2D eigenvalue weighted by molar-refractivity contribution is 8.00. The summed E-state index contributed by atoms with van der Waals surface area (Å²) in [4.78, 5) is 23.9.